The van der Waals surface area contributed by atoms with Crippen molar-refractivity contribution in [3.63, 3.8) is 0 Å². The molecule has 6 heteroatoms. The third-order valence-corrected chi connectivity index (χ3v) is 2.82. The van der Waals surface area contributed by atoms with Gasteiger partial charge in [0, 0.05) is 11.4 Å². The van der Waals surface area contributed by atoms with Crippen LogP contribution in [0.2, 0.25) is 0 Å². The van der Waals surface area contributed by atoms with Gasteiger partial charge in [0.2, 0.25) is 0 Å². The molecule has 0 bridgehead atoms. The first kappa shape index (κ1) is 14.5. The van der Waals surface area contributed by atoms with Crippen LogP contribution in [0.25, 0.3) is 0 Å². The number of carboxylic acid groups (broad SMARTS) is 1. The number of carbonyl (C=O) groups is 2. The highest BCUT2D eigenvalue weighted by Gasteiger charge is 2.06. The van der Waals surface area contributed by atoms with Crippen molar-refractivity contribution < 1.29 is 19.1 Å². The Morgan fingerprint density at radius 1 is 1.00 bits per heavy atom. The lowest BCUT2D eigenvalue weighted by atomic mass is 10.2. The smallest absolute Gasteiger partial charge is 0.335 e. The number of carbonyl (C=O) groups excluding carboxylic acids is 1. The minimum absolute atomic E-state index is 0.126. The molecule has 2 amide bonds. The summed E-state index contributed by atoms with van der Waals surface area (Å²) in [5, 5.41) is 13.8. The molecule has 108 valence electrons. The quantitative estimate of drug-likeness (QED) is 0.809. The predicted octanol–water partition coefficient (Wildman–Crippen LogP) is 3.48. The molecule has 0 spiro atoms. The van der Waals surface area contributed by atoms with E-state index in [0.29, 0.717) is 16.9 Å². The van der Waals surface area contributed by atoms with Gasteiger partial charge in [-0.2, -0.15) is 0 Å². The largest absolute Gasteiger partial charge is 0.478 e. The van der Waals surface area contributed by atoms with Crippen LogP contribution >= 0.6 is 0 Å². The number of aryl methyl sites for hydroxylation is 1. The van der Waals surface area contributed by atoms with Crippen molar-refractivity contribution in [2.45, 2.75) is 6.92 Å². The fourth-order valence-electron chi connectivity index (χ4n) is 1.66. The van der Waals surface area contributed by atoms with E-state index in [1.807, 2.05) is 0 Å². The minimum atomic E-state index is -1.04. The van der Waals surface area contributed by atoms with E-state index >= 15 is 0 Å². The molecule has 0 saturated carbocycles. The highest BCUT2D eigenvalue weighted by atomic mass is 19.1. The maximum atomic E-state index is 13.3. The van der Waals surface area contributed by atoms with Crippen molar-refractivity contribution in [1.82, 2.24) is 0 Å². The van der Waals surface area contributed by atoms with E-state index in [-0.39, 0.29) is 5.56 Å². The third kappa shape index (κ3) is 3.79. The monoisotopic (exact) mass is 288 g/mol. The summed E-state index contributed by atoms with van der Waals surface area (Å²) in [5.74, 6) is -1.44. The topological polar surface area (TPSA) is 78.4 Å². The zero-order valence-electron chi connectivity index (χ0n) is 11.2. The number of anilines is 2. The van der Waals surface area contributed by atoms with Crippen LogP contribution in [0, 0.1) is 12.7 Å². The number of aromatic carboxylic acids is 1. The first-order valence-electron chi connectivity index (χ1n) is 6.13. The Labute approximate surface area is 120 Å². The number of hydrogen-bond donors (Lipinski definition) is 3. The maximum Gasteiger partial charge on any atom is 0.335 e. The van der Waals surface area contributed by atoms with Crippen LogP contribution in [-0.4, -0.2) is 17.1 Å². The lowest BCUT2D eigenvalue weighted by Crippen LogP contribution is -2.19. The van der Waals surface area contributed by atoms with Gasteiger partial charge in [0.05, 0.1) is 5.56 Å². The Hall–Kier alpha value is -2.89. The summed E-state index contributed by atoms with van der Waals surface area (Å²) >= 11 is 0. The van der Waals surface area contributed by atoms with Gasteiger partial charge in [-0.3, -0.25) is 0 Å². The molecule has 2 aromatic carbocycles. The van der Waals surface area contributed by atoms with Crippen LogP contribution in [0.3, 0.4) is 0 Å². The van der Waals surface area contributed by atoms with E-state index in [2.05, 4.69) is 10.6 Å². The molecule has 0 aliphatic rings. The van der Waals surface area contributed by atoms with Crippen LogP contribution in [0.1, 0.15) is 15.9 Å². The number of rotatable bonds is 3. The number of halogens is 1. The zero-order valence-corrected chi connectivity index (χ0v) is 11.2. The van der Waals surface area contributed by atoms with Gasteiger partial charge in [0.25, 0.3) is 0 Å². The molecule has 0 unspecified atom stereocenters. The normalized spacial score (nSPS) is 10.0. The molecule has 5 nitrogen and oxygen atoms in total. The average molecular weight is 288 g/mol. The molecule has 0 fully saturated rings. The lowest BCUT2D eigenvalue weighted by Gasteiger charge is -2.08. The number of hydrogen-bond acceptors (Lipinski definition) is 2. The highest BCUT2D eigenvalue weighted by Crippen LogP contribution is 2.14. The second-order valence-electron chi connectivity index (χ2n) is 4.43. The van der Waals surface area contributed by atoms with Gasteiger partial charge < -0.3 is 15.7 Å². The molecule has 0 heterocycles. The van der Waals surface area contributed by atoms with Crippen LogP contribution in [0.4, 0.5) is 20.6 Å². The fraction of sp³-hybridized carbons (Fsp3) is 0.0667. The number of nitrogens with one attached hydrogen (secondary N) is 2. The van der Waals surface area contributed by atoms with Crippen molar-refractivity contribution in [3.8, 4) is 0 Å². The third-order valence-electron chi connectivity index (χ3n) is 2.82. The molecule has 0 aliphatic carbocycles. The van der Waals surface area contributed by atoms with Crippen molar-refractivity contribution >= 4 is 23.4 Å². The predicted molar refractivity (Wildman–Crippen MR) is 77.2 cm³/mol. The van der Waals surface area contributed by atoms with E-state index in [0.717, 1.165) is 0 Å². The summed E-state index contributed by atoms with van der Waals surface area (Å²) in [6.45, 7) is 1.63. The minimum Gasteiger partial charge on any atom is -0.478 e. The summed E-state index contributed by atoms with van der Waals surface area (Å²) in [5.41, 5.74) is 1.38. The van der Waals surface area contributed by atoms with Gasteiger partial charge in [-0.25, -0.2) is 14.0 Å². The summed E-state index contributed by atoms with van der Waals surface area (Å²) in [4.78, 5) is 22.4. The highest BCUT2D eigenvalue weighted by molar-refractivity contribution is 6.00. The zero-order chi connectivity index (χ0) is 15.4. The molecule has 0 atom stereocenters. The van der Waals surface area contributed by atoms with E-state index in [1.165, 1.54) is 30.3 Å². The first-order chi connectivity index (χ1) is 9.95. The van der Waals surface area contributed by atoms with Gasteiger partial charge in [-0.15, -0.1) is 0 Å². The number of amides is 2. The van der Waals surface area contributed by atoms with Crippen LogP contribution in [0.5, 0.6) is 0 Å². The standard InChI is InChI=1S/C15H13FN2O3/c1-9-2-5-12(8-13(9)16)18-15(21)17-11-6-3-10(4-7-11)14(19)20/h2-8H,1H3,(H,19,20)(H2,17,18,21). The van der Waals surface area contributed by atoms with E-state index in [1.54, 1.807) is 19.1 Å². The van der Waals surface area contributed by atoms with Crippen LogP contribution < -0.4 is 10.6 Å². The Morgan fingerprint density at radius 2 is 1.57 bits per heavy atom. The van der Waals surface area contributed by atoms with Crippen LogP contribution in [0.15, 0.2) is 42.5 Å². The van der Waals surface area contributed by atoms with Crippen molar-refractivity contribution in [3.05, 3.63) is 59.4 Å². The van der Waals surface area contributed by atoms with E-state index in [9.17, 15) is 14.0 Å². The van der Waals surface area contributed by atoms with Gasteiger partial charge in [-0.1, -0.05) is 6.07 Å². The van der Waals surface area contributed by atoms with E-state index in [4.69, 9.17) is 5.11 Å². The number of benzene rings is 2. The second-order valence-corrected chi connectivity index (χ2v) is 4.43. The Morgan fingerprint density at radius 3 is 2.14 bits per heavy atom. The van der Waals surface area contributed by atoms with Gasteiger partial charge in [0.15, 0.2) is 0 Å². The first-order valence-corrected chi connectivity index (χ1v) is 6.13. The molecule has 2 rings (SSSR count). The lowest BCUT2D eigenvalue weighted by molar-refractivity contribution is 0.0697. The van der Waals surface area contributed by atoms with Crippen molar-refractivity contribution in [2.75, 3.05) is 10.6 Å². The summed E-state index contributed by atoms with van der Waals surface area (Å²) in [6.07, 6.45) is 0. The molecule has 0 aliphatic heterocycles. The molecular weight excluding hydrogens is 275 g/mol. The van der Waals surface area contributed by atoms with Crippen molar-refractivity contribution in [1.29, 1.82) is 0 Å². The Kier molecular flexibility index (Phi) is 4.18. The molecule has 0 aromatic heterocycles. The number of carboxylic acids is 1. The van der Waals surface area contributed by atoms with Gasteiger partial charge in [0.1, 0.15) is 5.82 Å². The molecule has 0 radical (unpaired) electrons. The fourth-order valence-corrected chi connectivity index (χ4v) is 1.66. The van der Waals surface area contributed by atoms with Crippen molar-refractivity contribution in [2.24, 2.45) is 0 Å². The molecule has 21 heavy (non-hydrogen) atoms. The maximum absolute atomic E-state index is 13.3. The molecule has 0 saturated heterocycles. The summed E-state index contributed by atoms with van der Waals surface area (Å²) < 4.78 is 13.3. The van der Waals surface area contributed by atoms with E-state index < -0.39 is 17.8 Å². The van der Waals surface area contributed by atoms with Gasteiger partial charge in [-0.05, 0) is 48.9 Å². The molecular formula is C15H13FN2O3. The summed E-state index contributed by atoms with van der Waals surface area (Å²) in [6, 6.07) is 9.53. The molecule has 3 N–H and O–H groups in total. The second kappa shape index (κ2) is 6.04. The number of urea groups is 1. The Bertz CT molecular complexity index is 684. The SMILES string of the molecule is Cc1ccc(NC(=O)Nc2ccc(C(=O)O)cc2)cc1F. The van der Waals surface area contributed by atoms with Crippen LogP contribution in [-0.2, 0) is 0 Å². The Balaban J connectivity index is 2.01. The van der Waals surface area contributed by atoms with Gasteiger partial charge >= 0.3 is 12.0 Å². The average Bonchev–Trinajstić information content (AvgIpc) is 2.43. The molecule has 2 aromatic rings. The summed E-state index contributed by atoms with van der Waals surface area (Å²) in [7, 11) is 0.